The molecular weight excluding hydrogens is 172 g/mol. The van der Waals surface area contributed by atoms with Gasteiger partial charge in [0.1, 0.15) is 0 Å². The van der Waals surface area contributed by atoms with E-state index in [1.54, 1.807) is 0 Å². The Kier molecular flexibility index (Phi) is 3.45. The van der Waals surface area contributed by atoms with Crippen LogP contribution in [0, 0.1) is 11.8 Å². The fraction of sp³-hybridized carbons (Fsp3) is 1.00. The number of nitrogens with one attached hydrogen (secondary N) is 1. The van der Waals surface area contributed by atoms with Crippen molar-refractivity contribution in [3.63, 3.8) is 0 Å². The van der Waals surface area contributed by atoms with Crippen LogP contribution in [0.2, 0.25) is 0 Å². The molecule has 0 aromatic rings. The predicted octanol–water partition coefficient (Wildman–Crippen LogP) is 1.72. The molecule has 2 nitrogen and oxygen atoms in total. The molecule has 0 amide bonds. The van der Waals surface area contributed by atoms with Gasteiger partial charge >= 0.3 is 0 Å². The summed E-state index contributed by atoms with van der Waals surface area (Å²) in [7, 11) is 2.06. The zero-order valence-electron chi connectivity index (χ0n) is 9.63. The molecule has 1 N–H and O–H groups in total. The van der Waals surface area contributed by atoms with Crippen LogP contribution in [0.15, 0.2) is 0 Å². The van der Waals surface area contributed by atoms with E-state index in [1.165, 1.54) is 45.3 Å². The van der Waals surface area contributed by atoms with Crippen LogP contribution in [0.5, 0.6) is 0 Å². The van der Waals surface area contributed by atoms with E-state index in [2.05, 4.69) is 24.2 Å². The van der Waals surface area contributed by atoms with Gasteiger partial charge in [0.2, 0.25) is 0 Å². The van der Waals surface area contributed by atoms with E-state index in [0.717, 1.165) is 11.8 Å². The molecule has 0 spiro atoms. The largest absolute Gasteiger partial charge is 0.316 e. The van der Waals surface area contributed by atoms with Crippen LogP contribution in [0.1, 0.15) is 32.6 Å². The molecule has 1 aliphatic heterocycles. The molecule has 3 atom stereocenters. The number of nitrogens with zero attached hydrogens (tertiary/aromatic N) is 1. The van der Waals surface area contributed by atoms with Crippen LogP contribution >= 0.6 is 0 Å². The minimum atomic E-state index is 0.647. The van der Waals surface area contributed by atoms with Gasteiger partial charge in [0, 0.05) is 25.7 Å². The first-order valence-electron chi connectivity index (χ1n) is 6.17. The van der Waals surface area contributed by atoms with Crippen molar-refractivity contribution in [2.45, 2.75) is 38.6 Å². The lowest BCUT2D eigenvalue weighted by Gasteiger charge is -2.42. The fourth-order valence-electron chi connectivity index (χ4n) is 3.17. The monoisotopic (exact) mass is 196 g/mol. The smallest absolute Gasteiger partial charge is 0.0163 e. The number of likely N-dealkylation sites (N-methyl/N-ethyl adjacent to an activating group) is 1. The van der Waals surface area contributed by atoms with E-state index in [9.17, 15) is 0 Å². The van der Waals surface area contributed by atoms with Crippen molar-refractivity contribution in [3.05, 3.63) is 0 Å². The molecule has 1 saturated carbocycles. The maximum absolute atomic E-state index is 3.34. The van der Waals surface area contributed by atoms with Crippen molar-refractivity contribution in [1.82, 2.24) is 10.2 Å². The second-order valence-electron chi connectivity index (χ2n) is 5.31. The Labute approximate surface area is 88.1 Å². The molecule has 1 saturated heterocycles. The SMILES string of the molecule is CNC(C)CN1CC2CCCC(C2)C1. The molecule has 0 radical (unpaired) electrons. The van der Waals surface area contributed by atoms with Gasteiger partial charge in [0.15, 0.2) is 0 Å². The van der Waals surface area contributed by atoms with Crippen LogP contribution in [-0.2, 0) is 0 Å². The average Bonchev–Trinajstić information content (AvgIpc) is 2.17. The highest BCUT2D eigenvalue weighted by molar-refractivity contribution is 4.84. The zero-order chi connectivity index (χ0) is 9.97. The van der Waals surface area contributed by atoms with Crippen LogP contribution < -0.4 is 5.32 Å². The topological polar surface area (TPSA) is 15.3 Å². The van der Waals surface area contributed by atoms with E-state index >= 15 is 0 Å². The summed E-state index contributed by atoms with van der Waals surface area (Å²) < 4.78 is 0. The molecular formula is C12H24N2. The first-order chi connectivity index (χ1) is 6.78. The van der Waals surface area contributed by atoms with Crippen molar-refractivity contribution in [2.75, 3.05) is 26.7 Å². The lowest BCUT2D eigenvalue weighted by molar-refractivity contribution is 0.0806. The average molecular weight is 196 g/mol. The van der Waals surface area contributed by atoms with Crippen LogP contribution in [0.3, 0.4) is 0 Å². The number of likely N-dealkylation sites (tertiary alicyclic amines) is 1. The van der Waals surface area contributed by atoms with Crippen LogP contribution in [-0.4, -0.2) is 37.6 Å². The molecule has 0 aromatic carbocycles. The van der Waals surface area contributed by atoms with Gasteiger partial charge in [0.05, 0.1) is 0 Å². The number of fused-ring (bicyclic) bond motifs is 2. The zero-order valence-corrected chi connectivity index (χ0v) is 9.63. The van der Waals surface area contributed by atoms with E-state index < -0.39 is 0 Å². The number of rotatable bonds is 3. The molecule has 0 aromatic heterocycles. The minimum Gasteiger partial charge on any atom is -0.316 e. The van der Waals surface area contributed by atoms with Crippen molar-refractivity contribution in [1.29, 1.82) is 0 Å². The summed E-state index contributed by atoms with van der Waals surface area (Å²) >= 11 is 0. The summed E-state index contributed by atoms with van der Waals surface area (Å²) in [5.41, 5.74) is 0. The molecule has 2 rings (SSSR count). The van der Waals surface area contributed by atoms with Crippen molar-refractivity contribution in [3.8, 4) is 0 Å². The van der Waals surface area contributed by atoms with E-state index in [-0.39, 0.29) is 0 Å². The van der Waals surface area contributed by atoms with Gasteiger partial charge in [0.25, 0.3) is 0 Å². The lowest BCUT2D eigenvalue weighted by Crippen LogP contribution is -2.47. The third kappa shape index (κ3) is 2.48. The molecule has 82 valence electrons. The summed E-state index contributed by atoms with van der Waals surface area (Å²) in [5.74, 6) is 2.04. The number of piperidine rings is 1. The Morgan fingerprint density at radius 3 is 2.50 bits per heavy atom. The maximum Gasteiger partial charge on any atom is 0.0163 e. The van der Waals surface area contributed by atoms with Crippen molar-refractivity contribution < 1.29 is 0 Å². The molecule has 1 aliphatic carbocycles. The predicted molar refractivity (Wildman–Crippen MR) is 60.4 cm³/mol. The van der Waals surface area contributed by atoms with Gasteiger partial charge < -0.3 is 10.2 Å². The quantitative estimate of drug-likeness (QED) is 0.739. The molecule has 2 heteroatoms. The normalized spacial score (nSPS) is 35.6. The highest BCUT2D eigenvalue weighted by Gasteiger charge is 2.30. The van der Waals surface area contributed by atoms with Gasteiger partial charge in [-0.2, -0.15) is 0 Å². The first-order valence-corrected chi connectivity index (χ1v) is 6.17. The second-order valence-corrected chi connectivity index (χ2v) is 5.31. The second kappa shape index (κ2) is 4.63. The molecule has 2 aliphatic rings. The lowest BCUT2D eigenvalue weighted by atomic mass is 9.78. The van der Waals surface area contributed by atoms with E-state index in [0.29, 0.717) is 6.04 Å². The Morgan fingerprint density at radius 2 is 1.93 bits per heavy atom. The van der Waals surface area contributed by atoms with E-state index in [1.807, 2.05) is 0 Å². The van der Waals surface area contributed by atoms with Gasteiger partial charge in [-0.3, -0.25) is 0 Å². The summed E-state index contributed by atoms with van der Waals surface area (Å²) in [6.07, 6.45) is 5.98. The Morgan fingerprint density at radius 1 is 1.29 bits per heavy atom. The summed E-state index contributed by atoms with van der Waals surface area (Å²) in [6.45, 7) is 6.25. The van der Waals surface area contributed by atoms with Gasteiger partial charge in [-0.05, 0) is 45.1 Å². The molecule has 14 heavy (non-hydrogen) atoms. The first kappa shape index (κ1) is 10.4. The van der Waals surface area contributed by atoms with Crippen LogP contribution in [0.4, 0.5) is 0 Å². The third-order valence-corrected chi connectivity index (χ3v) is 3.95. The molecule has 3 unspecified atom stereocenters. The van der Waals surface area contributed by atoms with Gasteiger partial charge in [-0.1, -0.05) is 6.42 Å². The van der Waals surface area contributed by atoms with E-state index in [4.69, 9.17) is 0 Å². The molecule has 1 heterocycles. The fourth-order valence-corrected chi connectivity index (χ4v) is 3.17. The summed E-state index contributed by atoms with van der Waals surface area (Å²) in [4.78, 5) is 2.68. The Hall–Kier alpha value is -0.0800. The van der Waals surface area contributed by atoms with Crippen molar-refractivity contribution >= 4 is 0 Å². The van der Waals surface area contributed by atoms with Crippen LogP contribution in [0.25, 0.3) is 0 Å². The Balaban J connectivity index is 1.83. The standard InChI is InChI=1S/C12H24N2/c1-10(13-2)7-14-8-11-4-3-5-12(6-11)9-14/h10-13H,3-9H2,1-2H3. The molecule has 2 bridgehead atoms. The summed E-state index contributed by atoms with van der Waals surface area (Å²) in [5, 5.41) is 3.34. The highest BCUT2D eigenvalue weighted by Crippen LogP contribution is 2.34. The summed E-state index contributed by atoms with van der Waals surface area (Å²) in [6, 6.07) is 0.647. The number of hydrogen-bond donors (Lipinski definition) is 1. The minimum absolute atomic E-state index is 0.647. The van der Waals surface area contributed by atoms with Gasteiger partial charge in [-0.15, -0.1) is 0 Å². The van der Waals surface area contributed by atoms with Crippen molar-refractivity contribution in [2.24, 2.45) is 11.8 Å². The maximum atomic E-state index is 3.34. The number of hydrogen-bond acceptors (Lipinski definition) is 2. The highest BCUT2D eigenvalue weighted by atomic mass is 15.2. The van der Waals surface area contributed by atoms with Gasteiger partial charge in [-0.25, -0.2) is 0 Å². The molecule has 2 fully saturated rings. The Bertz CT molecular complexity index is 166. The third-order valence-electron chi connectivity index (χ3n) is 3.95.